The molecule has 35 heavy (non-hydrogen) atoms. The third-order valence-corrected chi connectivity index (χ3v) is 7.23. The topological polar surface area (TPSA) is 91.1 Å². The van der Waals surface area contributed by atoms with Crippen molar-refractivity contribution in [1.82, 2.24) is 29.7 Å². The van der Waals surface area contributed by atoms with Gasteiger partial charge in [0.15, 0.2) is 0 Å². The maximum absolute atomic E-state index is 9.86. The van der Waals surface area contributed by atoms with Crippen molar-refractivity contribution in [3.8, 4) is 12.1 Å². The van der Waals surface area contributed by atoms with Gasteiger partial charge in [-0.15, -0.1) is 11.3 Å². The van der Waals surface area contributed by atoms with Gasteiger partial charge in [0.1, 0.15) is 17.5 Å². The smallest absolute Gasteiger partial charge is 0.316 e. The maximum atomic E-state index is 9.86. The number of likely N-dealkylation sites (N-methyl/N-ethyl adjacent to an activating group) is 1. The van der Waals surface area contributed by atoms with Gasteiger partial charge in [-0.05, 0) is 37.2 Å². The molecule has 1 unspecified atom stereocenters. The molecule has 0 N–H and O–H groups in total. The lowest BCUT2D eigenvalue weighted by atomic mass is 10.1. The number of piperazine rings is 1. The van der Waals surface area contributed by atoms with Gasteiger partial charge in [-0.3, -0.25) is 9.88 Å². The van der Waals surface area contributed by atoms with E-state index in [-0.39, 0.29) is 6.01 Å². The lowest BCUT2D eigenvalue weighted by Crippen LogP contribution is -2.43. The van der Waals surface area contributed by atoms with E-state index >= 15 is 0 Å². The van der Waals surface area contributed by atoms with E-state index < -0.39 is 5.92 Å². The number of nitrogens with zero attached hydrogens (tertiary/aromatic N) is 7. The van der Waals surface area contributed by atoms with Gasteiger partial charge in [-0.25, -0.2) is 9.97 Å². The highest BCUT2D eigenvalue weighted by molar-refractivity contribution is 7.18. The summed E-state index contributed by atoms with van der Waals surface area (Å²) in [5.74, 6) is -0.591. The maximum Gasteiger partial charge on any atom is 0.316 e. The lowest BCUT2D eigenvalue weighted by Gasteiger charge is -2.32. The van der Waals surface area contributed by atoms with E-state index in [9.17, 15) is 5.26 Å². The number of benzene rings is 1. The molecule has 1 aliphatic rings. The van der Waals surface area contributed by atoms with E-state index in [1.165, 1.54) is 16.9 Å². The van der Waals surface area contributed by atoms with Crippen LogP contribution in [0, 0.1) is 18.3 Å². The van der Waals surface area contributed by atoms with Crippen LogP contribution in [0.4, 0.5) is 0 Å². The summed E-state index contributed by atoms with van der Waals surface area (Å²) in [6.45, 7) is 7.72. The Bertz CT molecular complexity index is 1340. The van der Waals surface area contributed by atoms with Gasteiger partial charge in [0, 0.05) is 44.6 Å². The summed E-state index contributed by atoms with van der Waals surface area (Å²) in [4.78, 5) is 22.5. The zero-order valence-electron chi connectivity index (χ0n) is 19.9. The summed E-state index contributed by atoms with van der Waals surface area (Å²) in [7, 11) is 2.17. The van der Waals surface area contributed by atoms with Crippen molar-refractivity contribution in [2.75, 3.05) is 33.2 Å². The average molecular weight is 486 g/mol. The summed E-state index contributed by atoms with van der Waals surface area (Å²) in [6.07, 6.45) is 3.37. The molecule has 178 valence electrons. The first-order valence-electron chi connectivity index (χ1n) is 11.6. The Morgan fingerprint density at radius 2 is 1.83 bits per heavy atom. The highest BCUT2D eigenvalue weighted by Gasteiger charge is 2.21. The molecule has 0 radical (unpaired) electrons. The van der Waals surface area contributed by atoms with Crippen molar-refractivity contribution in [2.45, 2.75) is 26.0 Å². The third kappa shape index (κ3) is 5.62. The molecule has 9 heteroatoms. The van der Waals surface area contributed by atoms with E-state index in [0.29, 0.717) is 17.3 Å². The van der Waals surface area contributed by atoms with E-state index in [1.807, 2.05) is 13.0 Å². The van der Waals surface area contributed by atoms with Crippen molar-refractivity contribution >= 4 is 21.6 Å². The van der Waals surface area contributed by atoms with Gasteiger partial charge in [-0.2, -0.15) is 10.2 Å². The van der Waals surface area contributed by atoms with E-state index in [4.69, 9.17) is 4.74 Å². The highest BCUT2D eigenvalue weighted by Crippen LogP contribution is 2.31. The van der Waals surface area contributed by atoms with Crippen LogP contribution in [0.25, 0.3) is 10.2 Å². The first-order chi connectivity index (χ1) is 17.1. The molecule has 1 aromatic carbocycles. The SMILES string of the molecule is Cc1cc2sc(C(C#N)c3ccnc(OCc4ccc(CN5CCN(C)CC5)cc4)n3)nc2cn1. The van der Waals surface area contributed by atoms with Crippen molar-refractivity contribution in [3.63, 3.8) is 0 Å². The summed E-state index contributed by atoms with van der Waals surface area (Å²) in [5.41, 5.74) is 4.63. The molecule has 1 atom stereocenters. The Hall–Kier alpha value is -3.45. The molecule has 1 saturated heterocycles. The minimum atomic E-state index is -0.591. The largest absolute Gasteiger partial charge is 0.459 e. The number of hydrogen-bond acceptors (Lipinski definition) is 9. The van der Waals surface area contributed by atoms with Crippen molar-refractivity contribution in [1.29, 1.82) is 5.26 Å². The molecule has 8 nitrogen and oxygen atoms in total. The molecular weight excluding hydrogens is 458 g/mol. The van der Waals surface area contributed by atoms with E-state index in [1.54, 1.807) is 18.5 Å². The molecule has 4 aromatic rings. The van der Waals surface area contributed by atoms with Crippen LogP contribution in [0.15, 0.2) is 48.8 Å². The minimum absolute atomic E-state index is 0.253. The summed E-state index contributed by atoms with van der Waals surface area (Å²) in [6, 6.07) is 14.8. The number of nitriles is 1. The Morgan fingerprint density at radius 3 is 2.60 bits per heavy atom. The summed E-state index contributed by atoms with van der Waals surface area (Å²) in [5, 5.41) is 10.6. The monoisotopic (exact) mass is 485 g/mol. The molecular formula is C26H27N7OS. The highest BCUT2D eigenvalue weighted by atomic mass is 32.1. The second kappa shape index (κ2) is 10.4. The van der Waals surface area contributed by atoms with Crippen LogP contribution in [0.3, 0.4) is 0 Å². The molecule has 0 aliphatic carbocycles. The van der Waals surface area contributed by atoms with Crippen LogP contribution in [0.2, 0.25) is 0 Å². The number of hydrogen-bond donors (Lipinski definition) is 0. The zero-order chi connectivity index (χ0) is 24.2. The lowest BCUT2D eigenvalue weighted by molar-refractivity contribution is 0.148. The first-order valence-corrected chi connectivity index (χ1v) is 12.5. The first kappa shape index (κ1) is 23.3. The fourth-order valence-electron chi connectivity index (χ4n) is 4.06. The Kier molecular flexibility index (Phi) is 6.95. The molecule has 0 spiro atoms. The Morgan fingerprint density at radius 1 is 1.06 bits per heavy atom. The second-order valence-corrected chi connectivity index (χ2v) is 9.92. The van der Waals surface area contributed by atoms with Gasteiger partial charge in [0.25, 0.3) is 0 Å². The van der Waals surface area contributed by atoms with E-state index in [0.717, 1.165) is 54.2 Å². The van der Waals surface area contributed by atoms with Gasteiger partial charge in [0.2, 0.25) is 0 Å². The number of aryl methyl sites for hydroxylation is 1. The van der Waals surface area contributed by atoms with Crippen LogP contribution < -0.4 is 4.74 Å². The normalized spacial score (nSPS) is 15.7. The second-order valence-electron chi connectivity index (χ2n) is 8.86. The van der Waals surface area contributed by atoms with Crippen LogP contribution in [-0.4, -0.2) is 63.0 Å². The minimum Gasteiger partial charge on any atom is -0.459 e. The molecule has 0 amide bonds. The van der Waals surface area contributed by atoms with Crippen LogP contribution >= 0.6 is 11.3 Å². The summed E-state index contributed by atoms with van der Waals surface area (Å²) >= 11 is 1.49. The predicted octanol–water partition coefficient (Wildman–Crippen LogP) is 3.77. The van der Waals surface area contributed by atoms with Gasteiger partial charge >= 0.3 is 6.01 Å². The molecule has 1 fully saturated rings. The molecule has 0 bridgehead atoms. The van der Waals surface area contributed by atoms with Crippen molar-refractivity contribution in [2.24, 2.45) is 0 Å². The number of thiazole rings is 1. The quantitative estimate of drug-likeness (QED) is 0.391. The number of pyridine rings is 1. The average Bonchev–Trinajstić information content (AvgIpc) is 3.28. The Balaban J connectivity index is 1.23. The van der Waals surface area contributed by atoms with Gasteiger partial charge in [-0.1, -0.05) is 24.3 Å². The molecule has 4 heterocycles. The molecule has 3 aromatic heterocycles. The standard InChI is InChI=1S/C26H27N7OS/c1-18-13-24-23(15-29-18)30-25(35-24)21(14-27)22-7-8-28-26(31-22)34-17-20-5-3-19(4-6-20)16-33-11-9-32(2)10-12-33/h3-8,13,15,21H,9-12,16-17H2,1-2H3. The van der Waals surface area contributed by atoms with Crippen LogP contribution in [0.1, 0.15) is 33.4 Å². The predicted molar refractivity (Wildman–Crippen MR) is 135 cm³/mol. The van der Waals surface area contributed by atoms with Crippen molar-refractivity contribution < 1.29 is 4.74 Å². The number of fused-ring (bicyclic) bond motifs is 1. The molecule has 1 aliphatic heterocycles. The fraction of sp³-hybridized carbons (Fsp3) is 0.346. The molecule has 0 saturated carbocycles. The third-order valence-electron chi connectivity index (χ3n) is 6.15. The number of ether oxygens (including phenoxy) is 1. The van der Waals surface area contributed by atoms with Gasteiger partial charge in [0.05, 0.1) is 28.2 Å². The summed E-state index contributed by atoms with van der Waals surface area (Å²) < 4.78 is 6.87. The number of aromatic nitrogens is 4. The van der Waals surface area contributed by atoms with Crippen molar-refractivity contribution in [3.05, 3.63) is 76.3 Å². The molecule has 5 rings (SSSR count). The number of rotatable bonds is 7. The van der Waals surface area contributed by atoms with Crippen LogP contribution in [-0.2, 0) is 13.2 Å². The van der Waals surface area contributed by atoms with Gasteiger partial charge < -0.3 is 9.64 Å². The Labute approximate surface area is 208 Å². The zero-order valence-corrected chi connectivity index (χ0v) is 20.7. The van der Waals surface area contributed by atoms with E-state index in [2.05, 4.69) is 67.1 Å². The fourth-order valence-corrected chi connectivity index (χ4v) is 5.15. The van der Waals surface area contributed by atoms with Crippen LogP contribution in [0.5, 0.6) is 6.01 Å².